The number of fused-ring (bicyclic) bond motifs is 1. The van der Waals surface area contributed by atoms with Gasteiger partial charge in [-0.25, -0.2) is 0 Å². The second kappa shape index (κ2) is 6.22. The molecule has 2 aromatic carbocycles. The van der Waals surface area contributed by atoms with E-state index in [-0.39, 0.29) is 0 Å². The molecule has 0 fully saturated rings. The van der Waals surface area contributed by atoms with Crippen molar-refractivity contribution in [3.63, 3.8) is 0 Å². The first-order valence-electron chi connectivity index (χ1n) is 7.20. The standard InChI is InChI=1S/C18H11Cl2NO2S/c19-12-3-1-2-11(8-12)18-13-9-10(4-5-14(13)21-23-18)17(22)15-6-7-16(20)24-15/h1-9,17,22H. The van der Waals surface area contributed by atoms with Crippen molar-refractivity contribution in [1.82, 2.24) is 5.16 Å². The molecule has 2 aromatic heterocycles. The van der Waals surface area contributed by atoms with Gasteiger partial charge in [-0.2, -0.15) is 0 Å². The van der Waals surface area contributed by atoms with Crippen molar-refractivity contribution in [2.75, 3.05) is 0 Å². The Bertz CT molecular complexity index is 1020. The molecule has 3 nitrogen and oxygen atoms in total. The summed E-state index contributed by atoms with van der Waals surface area (Å²) in [4.78, 5) is 0.792. The molecule has 120 valence electrons. The lowest BCUT2D eigenvalue weighted by Gasteiger charge is -2.09. The first kappa shape index (κ1) is 15.7. The highest BCUT2D eigenvalue weighted by molar-refractivity contribution is 7.16. The van der Waals surface area contributed by atoms with Crippen molar-refractivity contribution in [3.8, 4) is 11.3 Å². The number of hydrogen-bond acceptors (Lipinski definition) is 4. The minimum absolute atomic E-state index is 0.626. The number of benzene rings is 2. The summed E-state index contributed by atoms with van der Waals surface area (Å²) in [5, 5.41) is 16.1. The van der Waals surface area contributed by atoms with Gasteiger partial charge in [0.15, 0.2) is 5.76 Å². The number of rotatable bonds is 3. The van der Waals surface area contributed by atoms with Crippen molar-refractivity contribution < 1.29 is 9.63 Å². The molecule has 2 heterocycles. The van der Waals surface area contributed by atoms with E-state index in [4.69, 9.17) is 27.7 Å². The maximum Gasteiger partial charge on any atom is 0.174 e. The number of hydrogen-bond donors (Lipinski definition) is 1. The van der Waals surface area contributed by atoms with Crippen LogP contribution in [0.2, 0.25) is 9.36 Å². The first-order chi connectivity index (χ1) is 11.6. The zero-order valence-corrected chi connectivity index (χ0v) is 14.6. The van der Waals surface area contributed by atoms with Crippen LogP contribution >= 0.6 is 34.5 Å². The van der Waals surface area contributed by atoms with E-state index >= 15 is 0 Å². The molecule has 4 aromatic rings. The van der Waals surface area contributed by atoms with E-state index in [1.807, 2.05) is 42.5 Å². The molecule has 0 radical (unpaired) electrons. The Labute approximate surface area is 152 Å². The van der Waals surface area contributed by atoms with Crippen LogP contribution in [-0.2, 0) is 0 Å². The van der Waals surface area contributed by atoms with Crippen LogP contribution in [0.25, 0.3) is 22.2 Å². The fourth-order valence-corrected chi connectivity index (χ4v) is 3.87. The normalized spacial score (nSPS) is 12.6. The number of aliphatic hydroxyl groups is 1. The van der Waals surface area contributed by atoms with Gasteiger partial charge in [-0.3, -0.25) is 0 Å². The minimum Gasteiger partial charge on any atom is -0.383 e. The van der Waals surface area contributed by atoms with Crippen LogP contribution in [0, 0.1) is 0 Å². The first-order valence-corrected chi connectivity index (χ1v) is 8.77. The van der Waals surface area contributed by atoms with Crippen LogP contribution in [0.15, 0.2) is 59.1 Å². The fourth-order valence-electron chi connectivity index (χ4n) is 2.61. The summed E-state index contributed by atoms with van der Waals surface area (Å²) >= 11 is 13.4. The number of aliphatic hydroxyl groups excluding tert-OH is 1. The van der Waals surface area contributed by atoms with Gasteiger partial charge < -0.3 is 9.63 Å². The third-order valence-electron chi connectivity index (χ3n) is 3.77. The van der Waals surface area contributed by atoms with Crippen molar-refractivity contribution in [2.45, 2.75) is 6.10 Å². The topological polar surface area (TPSA) is 46.3 Å². The van der Waals surface area contributed by atoms with Crippen LogP contribution in [0.3, 0.4) is 0 Å². The summed E-state index contributed by atoms with van der Waals surface area (Å²) in [7, 11) is 0. The highest BCUT2D eigenvalue weighted by Crippen LogP contribution is 2.35. The highest BCUT2D eigenvalue weighted by atomic mass is 35.5. The molecule has 4 rings (SSSR count). The molecule has 0 saturated heterocycles. The van der Waals surface area contributed by atoms with E-state index in [9.17, 15) is 5.11 Å². The van der Waals surface area contributed by atoms with Crippen molar-refractivity contribution in [2.24, 2.45) is 0 Å². The van der Waals surface area contributed by atoms with Gasteiger partial charge in [-0.05, 0) is 42.0 Å². The predicted molar refractivity (Wildman–Crippen MR) is 97.8 cm³/mol. The monoisotopic (exact) mass is 375 g/mol. The van der Waals surface area contributed by atoms with Gasteiger partial charge >= 0.3 is 0 Å². The molecule has 0 spiro atoms. The van der Waals surface area contributed by atoms with E-state index in [0.717, 1.165) is 26.9 Å². The van der Waals surface area contributed by atoms with E-state index in [1.54, 1.807) is 12.1 Å². The third kappa shape index (κ3) is 2.82. The lowest BCUT2D eigenvalue weighted by molar-refractivity contribution is 0.224. The van der Waals surface area contributed by atoms with Gasteiger partial charge in [0.1, 0.15) is 11.6 Å². The van der Waals surface area contributed by atoms with Crippen molar-refractivity contribution >= 4 is 45.4 Å². The minimum atomic E-state index is -0.742. The average molecular weight is 376 g/mol. The zero-order valence-electron chi connectivity index (χ0n) is 12.2. The third-order valence-corrected chi connectivity index (χ3v) is 5.29. The maximum atomic E-state index is 10.6. The predicted octanol–water partition coefficient (Wildman–Crippen LogP) is 5.94. The molecule has 1 atom stereocenters. The molecule has 1 unspecified atom stereocenters. The molecule has 24 heavy (non-hydrogen) atoms. The second-order valence-electron chi connectivity index (χ2n) is 5.34. The van der Waals surface area contributed by atoms with Crippen LogP contribution < -0.4 is 0 Å². The average Bonchev–Trinajstić information content (AvgIpc) is 3.19. The summed E-state index contributed by atoms with van der Waals surface area (Å²) in [6, 6.07) is 16.6. The Kier molecular flexibility index (Phi) is 4.06. The van der Waals surface area contributed by atoms with E-state index in [0.29, 0.717) is 15.1 Å². The molecule has 6 heteroatoms. The highest BCUT2D eigenvalue weighted by Gasteiger charge is 2.17. The fraction of sp³-hybridized carbons (Fsp3) is 0.0556. The van der Waals surface area contributed by atoms with Gasteiger partial charge in [0.05, 0.1) is 9.72 Å². The molecule has 1 N–H and O–H groups in total. The Morgan fingerprint density at radius 3 is 2.67 bits per heavy atom. The second-order valence-corrected chi connectivity index (χ2v) is 7.53. The van der Waals surface area contributed by atoms with Gasteiger partial charge in [0, 0.05) is 15.5 Å². The summed E-state index contributed by atoms with van der Waals surface area (Å²) in [5.74, 6) is 0.630. The molecule has 0 aliphatic heterocycles. The Balaban J connectivity index is 1.81. The largest absolute Gasteiger partial charge is 0.383 e. The SMILES string of the molecule is OC(c1ccc2noc(-c3cccc(Cl)c3)c2c1)c1ccc(Cl)s1. The molecule has 0 aliphatic carbocycles. The van der Waals surface area contributed by atoms with Gasteiger partial charge in [-0.1, -0.05) is 46.6 Å². The number of halogens is 2. The van der Waals surface area contributed by atoms with Crippen LogP contribution in [0.4, 0.5) is 0 Å². The van der Waals surface area contributed by atoms with E-state index in [1.165, 1.54) is 11.3 Å². The Morgan fingerprint density at radius 1 is 1.04 bits per heavy atom. The van der Waals surface area contributed by atoms with Crippen molar-refractivity contribution in [3.05, 3.63) is 74.4 Å². The van der Waals surface area contributed by atoms with Crippen LogP contribution in [-0.4, -0.2) is 10.3 Å². The van der Waals surface area contributed by atoms with Crippen LogP contribution in [0.1, 0.15) is 16.5 Å². The molecule has 0 saturated carbocycles. The lowest BCUT2D eigenvalue weighted by atomic mass is 10.0. The molecule has 0 bridgehead atoms. The quantitative estimate of drug-likeness (QED) is 0.481. The molecular weight excluding hydrogens is 365 g/mol. The van der Waals surface area contributed by atoms with Crippen LogP contribution in [0.5, 0.6) is 0 Å². The number of aromatic nitrogens is 1. The Morgan fingerprint density at radius 2 is 1.92 bits per heavy atom. The Hall–Kier alpha value is -1.85. The van der Waals surface area contributed by atoms with E-state index in [2.05, 4.69) is 5.16 Å². The summed E-state index contributed by atoms with van der Waals surface area (Å²) in [6.45, 7) is 0. The lowest BCUT2D eigenvalue weighted by Crippen LogP contribution is -1.96. The molecular formula is C18H11Cl2NO2S. The summed E-state index contributed by atoms with van der Waals surface area (Å²) in [5.41, 5.74) is 2.33. The zero-order chi connectivity index (χ0) is 16.7. The number of nitrogens with zero attached hydrogens (tertiary/aromatic N) is 1. The number of thiophene rings is 1. The van der Waals surface area contributed by atoms with Crippen molar-refractivity contribution in [1.29, 1.82) is 0 Å². The van der Waals surface area contributed by atoms with Gasteiger partial charge in [-0.15, -0.1) is 11.3 Å². The van der Waals surface area contributed by atoms with Gasteiger partial charge in [0.25, 0.3) is 0 Å². The smallest absolute Gasteiger partial charge is 0.174 e. The summed E-state index contributed by atoms with van der Waals surface area (Å²) in [6.07, 6.45) is -0.742. The molecule has 0 amide bonds. The molecule has 0 aliphatic rings. The maximum absolute atomic E-state index is 10.6. The van der Waals surface area contributed by atoms with E-state index < -0.39 is 6.10 Å². The van der Waals surface area contributed by atoms with Gasteiger partial charge in [0.2, 0.25) is 0 Å². The summed E-state index contributed by atoms with van der Waals surface area (Å²) < 4.78 is 6.14.